The monoisotopic (exact) mass is 338 g/mol. The molecule has 0 aliphatic rings. The minimum absolute atomic E-state index is 0.262. The number of amides is 1. The van der Waals surface area contributed by atoms with Gasteiger partial charge in [0, 0.05) is 11.3 Å². The van der Waals surface area contributed by atoms with E-state index in [0.717, 1.165) is 18.6 Å². The van der Waals surface area contributed by atoms with Gasteiger partial charge in [0.2, 0.25) is 0 Å². The Morgan fingerprint density at radius 1 is 1.17 bits per heavy atom. The molecule has 0 aromatic heterocycles. The minimum atomic E-state index is -4.41. The Morgan fingerprint density at radius 3 is 2.38 bits per heavy atom. The molecule has 0 radical (unpaired) electrons. The van der Waals surface area contributed by atoms with Gasteiger partial charge >= 0.3 is 6.18 Å². The number of carbonyl (C=O) groups excluding carboxylic acids is 1. The summed E-state index contributed by atoms with van der Waals surface area (Å²) < 4.78 is 42.9. The maximum Gasteiger partial charge on any atom is 0.416 e. The quantitative estimate of drug-likeness (QED) is 0.798. The van der Waals surface area contributed by atoms with E-state index in [1.165, 1.54) is 18.2 Å². The first-order valence-electron chi connectivity index (χ1n) is 7.32. The fourth-order valence-corrected chi connectivity index (χ4v) is 1.98. The zero-order valence-electron chi connectivity index (χ0n) is 13.0. The zero-order chi connectivity index (χ0) is 17.7. The topological polar surface area (TPSA) is 64.3 Å². The molecule has 0 aliphatic heterocycles. The summed E-state index contributed by atoms with van der Waals surface area (Å²) in [7, 11) is 0. The van der Waals surface area contributed by atoms with Crippen molar-refractivity contribution in [3.8, 4) is 5.75 Å². The highest BCUT2D eigenvalue weighted by molar-refractivity contribution is 6.05. The highest BCUT2D eigenvalue weighted by Crippen LogP contribution is 2.30. The number of benzene rings is 2. The Labute approximate surface area is 137 Å². The van der Waals surface area contributed by atoms with Gasteiger partial charge in [-0.3, -0.25) is 4.79 Å². The van der Waals surface area contributed by atoms with E-state index < -0.39 is 17.6 Å². The second kappa shape index (κ2) is 7.25. The first-order chi connectivity index (χ1) is 11.3. The van der Waals surface area contributed by atoms with Crippen LogP contribution in [0.3, 0.4) is 0 Å². The van der Waals surface area contributed by atoms with Crippen molar-refractivity contribution in [3.05, 3.63) is 53.6 Å². The molecule has 4 nitrogen and oxygen atoms in total. The molecule has 3 N–H and O–H groups in total. The van der Waals surface area contributed by atoms with E-state index in [1.807, 2.05) is 6.92 Å². The summed E-state index contributed by atoms with van der Waals surface area (Å²) in [5.41, 5.74) is 5.93. The maximum absolute atomic E-state index is 12.5. The van der Waals surface area contributed by atoms with Gasteiger partial charge in [-0.1, -0.05) is 6.92 Å². The Bertz CT molecular complexity index is 713. The number of rotatable bonds is 5. The van der Waals surface area contributed by atoms with Crippen molar-refractivity contribution in [2.75, 3.05) is 17.7 Å². The summed E-state index contributed by atoms with van der Waals surface area (Å²) in [6.07, 6.45) is -3.58. The van der Waals surface area contributed by atoms with Crippen molar-refractivity contribution in [1.29, 1.82) is 0 Å². The molecule has 2 aromatic rings. The first-order valence-corrected chi connectivity index (χ1v) is 7.32. The number of hydrogen-bond donors (Lipinski definition) is 2. The highest BCUT2D eigenvalue weighted by atomic mass is 19.4. The van der Waals surface area contributed by atoms with Crippen molar-refractivity contribution in [3.63, 3.8) is 0 Å². The molecule has 128 valence electrons. The molecule has 0 saturated carbocycles. The van der Waals surface area contributed by atoms with E-state index in [0.29, 0.717) is 18.0 Å². The Kier molecular flexibility index (Phi) is 5.33. The van der Waals surface area contributed by atoms with Gasteiger partial charge in [-0.2, -0.15) is 13.2 Å². The number of halogens is 3. The van der Waals surface area contributed by atoms with Crippen LogP contribution < -0.4 is 15.8 Å². The van der Waals surface area contributed by atoms with Crippen molar-refractivity contribution < 1.29 is 22.7 Å². The second-order valence-corrected chi connectivity index (χ2v) is 5.13. The largest absolute Gasteiger partial charge is 0.491 e. The second-order valence-electron chi connectivity index (χ2n) is 5.13. The lowest BCUT2D eigenvalue weighted by Gasteiger charge is -2.11. The lowest BCUT2D eigenvalue weighted by Crippen LogP contribution is -2.13. The number of carbonyl (C=O) groups is 1. The van der Waals surface area contributed by atoms with Crippen LogP contribution in [0.15, 0.2) is 42.5 Å². The molecule has 0 fully saturated rings. The Hall–Kier alpha value is -2.70. The van der Waals surface area contributed by atoms with Gasteiger partial charge in [0.1, 0.15) is 5.75 Å². The Morgan fingerprint density at radius 2 is 1.83 bits per heavy atom. The van der Waals surface area contributed by atoms with Gasteiger partial charge in [-0.05, 0) is 48.9 Å². The molecule has 0 saturated heterocycles. The molecular formula is C17H17F3N2O2. The standard InChI is InChI=1S/C17H17F3N2O2/c1-2-9-24-15-8-3-11(10-14(15)21)16(23)22-13-6-4-12(5-7-13)17(18,19)20/h3-8,10H,2,9,21H2,1H3,(H,22,23). The molecule has 0 atom stereocenters. The number of nitrogens with two attached hydrogens (primary N) is 1. The van der Waals surface area contributed by atoms with Gasteiger partial charge < -0.3 is 15.8 Å². The highest BCUT2D eigenvalue weighted by Gasteiger charge is 2.30. The summed E-state index contributed by atoms with van der Waals surface area (Å²) in [4.78, 5) is 12.1. The van der Waals surface area contributed by atoms with E-state index >= 15 is 0 Å². The lowest BCUT2D eigenvalue weighted by atomic mass is 10.1. The van der Waals surface area contributed by atoms with Gasteiger partial charge in [0.25, 0.3) is 5.91 Å². The van der Waals surface area contributed by atoms with E-state index in [1.54, 1.807) is 12.1 Å². The molecule has 0 aliphatic carbocycles. The van der Waals surface area contributed by atoms with Crippen molar-refractivity contribution in [1.82, 2.24) is 0 Å². The molecule has 7 heteroatoms. The first kappa shape index (κ1) is 17.7. The third-order valence-electron chi connectivity index (χ3n) is 3.20. The molecule has 0 heterocycles. The van der Waals surface area contributed by atoms with E-state index in [2.05, 4.69) is 5.32 Å². The van der Waals surface area contributed by atoms with Gasteiger partial charge in [0.05, 0.1) is 17.9 Å². The number of nitrogen functional groups attached to an aromatic ring is 1. The average Bonchev–Trinajstić information content (AvgIpc) is 2.53. The van der Waals surface area contributed by atoms with Crippen molar-refractivity contribution >= 4 is 17.3 Å². The van der Waals surface area contributed by atoms with Gasteiger partial charge in [-0.15, -0.1) is 0 Å². The number of ether oxygens (including phenoxy) is 1. The molecule has 0 unspecified atom stereocenters. The molecule has 2 aromatic carbocycles. The Balaban J connectivity index is 2.08. The summed E-state index contributed by atoms with van der Waals surface area (Å²) in [6.45, 7) is 2.48. The van der Waals surface area contributed by atoms with E-state index in [-0.39, 0.29) is 11.3 Å². The van der Waals surface area contributed by atoms with Crippen LogP contribution in [0.25, 0.3) is 0 Å². The average molecular weight is 338 g/mol. The minimum Gasteiger partial charge on any atom is -0.491 e. The fourth-order valence-electron chi connectivity index (χ4n) is 1.98. The smallest absolute Gasteiger partial charge is 0.416 e. The van der Waals surface area contributed by atoms with Crippen molar-refractivity contribution in [2.45, 2.75) is 19.5 Å². The zero-order valence-corrected chi connectivity index (χ0v) is 13.0. The molecule has 24 heavy (non-hydrogen) atoms. The van der Waals surface area contributed by atoms with Crippen LogP contribution >= 0.6 is 0 Å². The molecule has 0 bridgehead atoms. The third kappa shape index (κ3) is 4.41. The van der Waals surface area contributed by atoms with E-state index in [9.17, 15) is 18.0 Å². The molecule has 2 rings (SSSR count). The number of alkyl halides is 3. The summed E-state index contributed by atoms with van der Waals surface area (Å²) >= 11 is 0. The van der Waals surface area contributed by atoms with Crippen LogP contribution in [-0.2, 0) is 6.18 Å². The number of nitrogens with one attached hydrogen (secondary N) is 1. The molecular weight excluding hydrogens is 321 g/mol. The predicted octanol–water partition coefficient (Wildman–Crippen LogP) is 4.33. The number of hydrogen-bond acceptors (Lipinski definition) is 3. The SMILES string of the molecule is CCCOc1ccc(C(=O)Nc2ccc(C(F)(F)F)cc2)cc1N. The van der Waals surface area contributed by atoms with Crippen LogP contribution in [0.4, 0.5) is 24.5 Å². The van der Waals surface area contributed by atoms with E-state index in [4.69, 9.17) is 10.5 Å². The molecule has 1 amide bonds. The van der Waals surface area contributed by atoms with Crippen LogP contribution in [0.1, 0.15) is 29.3 Å². The predicted molar refractivity (Wildman–Crippen MR) is 86.0 cm³/mol. The summed E-state index contributed by atoms with van der Waals surface area (Å²) in [5, 5.41) is 2.52. The van der Waals surface area contributed by atoms with Gasteiger partial charge in [0.15, 0.2) is 0 Å². The summed E-state index contributed by atoms with van der Waals surface area (Å²) in [5.74, 6) is 0.0198. The van der Waals surface area contributed by atoms with Crippen LogP contribution in [0, 0.1) is 0 Å². The van der Waals surface area contributed by atoms with Crippen LogP contribution in [-0.4, -0.2) is 12.5 Å². The normalized spacial score (nSPS) is 11.2. The maximum atomic E-state index is 12.5. The molecule has 0 spiro atoms. The third-order valence-corrected chi connectivity index (χ3v) is 3.20. The van der Waals surface area contributed by atoms with Crippen molar-refractivity contribution in [2.24, 2.45) is 0 Å². The lowest BCUT2D eigenvalue weighted by molar-refractivity contribution is -0.137. The van der Waals surface area contributed by atoms with Gasteiger partial charge in [-0.25, -0.2) is 0 Å². The fraction of sp³-hybridized carbons (Fsp3) is 0.235. The van der Waals surface area contributed by atoms with Crippen LogP contribution in [0.2, 0.25) is 0 Å². The van der Waals surface area contributed by atoms with Crippen LogP contribution in [0.5, 0.6) is 5.75 Å². The summed E-state index contributed by atoms with van der Waals surface area (Å²) in [6, 6.07) is 8.81. The number of anilines is 2.